The summed E-state index contributed by atoms with van der Waals surface area (Å²) in [5, 5.41) is 10.5. The summed E-state index contributed by atoms with van der Waals surface area (Å²) in [5.41, 5.74) is 0. The zero-order valence-corrected chi connectivity index (χ0v) is 13.4. The molecule has 4 nitrogen and oxygen atoms in total. The Morgan fingerprint density at radius 2 is 2.14 bits per heavy atom. The molecule has 0 aliphatic heterocycles. The Morgan fingerprint density at radius 3 is 2.86 bits per heavy atom. The van der Waals surface area contributed by atoms with Crippen molar-refractivity contribution in [1.29, 1.82) is 0 Å². The van der Waals surface area contributed by atoms with Crippen molar-refractivity contribution in [3.63, 3.8) is 0 Å². The van der Waals surface area contributed by atoms with Gasteiger partial charge in [-0.2, -0.15) is 0 Å². The summed E-state index contributed by atoms with van der Waals surface area (Å²) in [6.45, 7) is 0.0378. The van der Waals surface area contributed by atoms with E-state index < -0.39 is 10.0 Å². The van der Waals surface area contributed by atoms with Crippen LogP contribution in [0.25, 0.3) is 10.1 Å². The maximum Gasteiger partial charge on any atom is 0.250 e. The lowest BCUT2D eigenvalue weighted by molar-refractivity contribution is 0.248. The molecule has 1 aromatic heterocycles. The van der Waals surface area contributed by atoms with E-state index in [0.717, 1.165) is 10.1 Å². The highest BCUT2D eigenvalue weighted by atomic mass is 35.5. The van der Waals surface area contributed by atoms with Crippen molar-refractivity contribution in [3.05, 3.63) is 41.4 Å². The topological polar surface area (TPSA) is 66.4 Å². The van der Waals surface area contributed by atoms with Crippen LogP contribution in [0, 0.1) is 5.92 Å². The first-order valence-corrected chi connectivity index (χ1v) is 9.16. The standard InChI is InChI=1S/C14H14ClNO3S2/c15-11-2-4-13-10(6-11)7-14(20-13)21(18,19)16-12-3-1-9(5-12)8-17/h1-4,6-7,9,12,16-17H,5,8H2/t9-,12+/m0/s1. The molecule has 112 valence electrons. The normalized spacial score (nSPS) is 22.2. The Morgan fingerprint density at radius 1 is 1.33 bits per heavy atom. The first kappa shape index (κ1) is 15.0. The largest absolute Gasteiger partial charge is 0.396 e. The third kappa shape index (κ3) is 3.14. The second kappa shape index (κ2) is 5.70. The fourth-order valence-corrected chi connectivity index (χ4v) is 5.16. The fraction of sp³-hybridized carbons (Fsp3) is 0.286. The van der Waals surface area contributed by atoms with E-state index in [4.69, 9.17) is 16.7 Å². The minimum Gasteiger partial charge on any atom is -0.396 e. The molecule has 1 aromatic carbocycles. The SMILES string of the molecule is O=S(=O)(N[C@@H]1C=C[C@H](CO)C1)c1cc2cc(Cl)ccc2s1. The van der Waals surface area contributed by atoms with Crippen LogP contribution in [0.4, 0.5) is 0 Å². The summed E-state index contributed by atoms with van der Waals surface area (Å²) in [6.07, 6.45) is 4.23. The molecule has 0 unspecified atom stereocenters. The highest BCUT2D eigenvalue weighted by Crippen LogP contribution is 2.31. The Kier molecular flexibility index (Phi) is 4.07. The van der Waals surface area contributed by atoms with Crippen LogP contribution in [0.1, 0.15) is 6.42 Å². The maximum absolute atomic E-state index is 12.4. The van der Waals surface area contributed by atoms with E-state index in [0.29, 0.717) is 11.4 Å². The smallest absolute Gasteiger partial charge is 0.250 e. The third-order valence-corrected chi connectivity index (χ3v) is 6.75. The molecular formula is C14H14ClNO3S2. The van der Waals surface area contributed by atoms with Gasteiger partial charge in [0.1, 0.15) is 4.21 Å². The molecule has 1 heterocycles. The number of fused-ring (bicyclic) bond motifs is 1. The molecule has 0 spiro atoms. The van der Waals surface area contributed by atoms with Gasteiger partial charge in [0, 0.05) is 28.3 Å². The number of thiophene rings is 1. The van der Waals surface area contributed by atoms with E-state index in [1.165, 1.54) is 11.3 Å². The number of benzene rings is 1. The number of nitrogens with one attached hydrogen (secondary N) is 1. The molecule has 2 atom stereocenters. The second-order valence-corrected chi connectivity index (χ2v) is 8.50. The molecule has 0 amide bonds. The van der Waals surface area contributed by atoms with Crippen molar-refractivity contribution in [2.24, 2.45) is 5.92 Å². The van der Waals surface area contributed by atoms with E-state index in [-0.39, 0.29) is 22.8 Å². The second-order valence-electron chi connectivity index (χ2n) is 5.04. The summed E-state index contributed by atoms with van der Waals surface area (Å²) < 4.78 is 28.6. The first-order valence-electron chi connectivity index (χ1n) is 6.48. The van der Waals surface area contributed by atoms with Crippen LogP contribution in [0.5, 0.6) is 0 Å². The van der Waals surface area contributed by atoms with Crippen molar-refractivity contribution in [2.45, 2.75) is 16.7 Å². The first-order chi connectivity index (χ1) is 9.98. The number of halogens is 1. The van der Waals surface area contributed by atoms with Gasteiger partial charge in [0.2, 0.25) is 0 Å². The highest BCUT2D eigenvalue weighted by Gasteiger charge is 2.25. The number of rotatable bonds is 4. The van der Waals surface area contributed by atoms with Crippen LogP contribution in [-0.2, 0) is 10.0 Å². The number of sulfonamides is 1. The zero-order valence-electron chi connectivity index (χ0n) is 11.0. The van der Waals surface area contributed by atoms with Crippen LogP contribution >= 0.6 is 22.9 Å². The molecule has 2 N–H and O–H groups in total. The van der Waals surface area contributed by atoms with Crippen molar-refractivity contribution in [3.8, 4) is 0 Å². The fourth-order valence-electron chi connectivity index (χ4n) is 2.38. The molecule has 21 heavy (non-hydrogen) atoms. The lowest BCUT2D eigenvalue weighted by Gasteiger charge is -2.11. The molecule has 7 heteroatoms. The van der Waals surface area contributed by atoms with E-state index >= 15 is 0 Å². The van der Waals surface area contributed by atoms with Gasteiger partial charge in [-0.25, -0.2) is 13.1 Å². The molecular weight excluding hydrogens is 330 g/mol. The molecule has 1 aliphatic rings. The van der Waals surface area contributed by atoms with Crippen LogP contribution in [0.15, 0.2) is 40.6 Å². The van der Waals surface area contributed by atoms with Gasteiger partial charge < -0.3 is 5.11 Å². The lowest BCUT2D eigenvalue weighted by Crippen LogP contribution is -2.32. The van der Waals surface area contributed by atoms with Gasteiger partial charge >= 0.3 is 0 Å². The summed E-state index contributed by atoms with van der Waals surface area (Å²) in [6, 6.07) is 6.69. The van der Waals surface area contributed by atoms with Gasteiger partial charge in [0.25, 0.3) is 10.0 Å². The molecule has 2 aromatic rings. The predicted molar refractivity (Wildman–Crippen MR) is 85.3 cm³/mol. The van der Waals surface area contributed by atoms with Crippen molar-refractivity contribution < 1.29 is 13.5 Å². The Labute approximate surface area is 132 Å². The quantitative estimate of drug-likeness (QED) is 0.839. The van der Waals surface area contributed by atoms with Gasteiger partial charge in [-0.15, -0.1) is 11.3 Å². The predicted octanol–water partition coefficient (Wildman–Crippen LogP) is 2.77. The molecule has 0 bridgehead atoms. The zero-order chi connectivity index (χ0) is 15.0. The Balaban J connectivity index is 1.85. The molecule has 0 saturated carbocycles. The highest BCUT2D eigenvalue weighted by molar-refractivity contribution is 7.91. The van der Waals surface area contributed by atoms with E-state index in [1.54, 1.807) is 24.3 Å². The van der Waals surface area contributed by atoms with Crippen LogP contribution in [0.3, 0.4) is 0 Å². The monoisotopic (exact) mass is 343 g/mol. The van der Waals surface area contributed by atoms with Gasteiger partial charge in [-0.1, -0.05) is 23.8 Å². The maximum atomic E-state index is 12.4. The average molecular weight is 344 g/mol. The van der Waals surface area contributed by atoms with Crippen molar-refractivity contribution in [2.75, 3.05) is 6.61 Å². The average Bonchev–Trinajstić information content (AvgIpc) is 3.04. The molecule has 0 radical (unpaired) electrons. The Bertz CT molecular complexity index is 798. The minimum atomic E-state index is -3.56. The van der Waals surface area contributed by atoms with Crippen LogP contribution < -0.4 is 4.72 Å². The third-order valence-electron chi connectivity index (χ3n) is 3.43. The van der Waals surface area contributed by atoms with Crippen LogP contribution in [0.2, 0.25) is 5.02 Å². The minimum absolute atomic E-state index is 0.0268. The van der Waals surface area contributed by atoms with Crippen LogP contribution in [-0.4, -0.2) is 26.2 Å². The molecule has 1 aliphatic carbocycles. The van der Waals surface area contributed by atoms with E-state index in [2.05, 4.69) is 4.72 Å². The van der Waals surface area contributed by atoms with E-state index in [9.17, 15) is 8.42 Å². The van der Waals surface area contributed by atoms with Gasteiger partial charge in [0.15, 0.2) is 0 Å². The molecule has 0 fully saturated rings. The number of aliphatic hydroxyl groups is 1. The van der Waals surface area contributed by atoms with Gasteiger partial charge in [0.05, 0.1) is 0 Å². The summed E-state index contributed by atoms with van der Waals surface area (Å²) >= 11 is 7.14. The van der Waals surface area contributed by atoms with Crippen molar-refractivity contribution in [1.82, 2.24) is 4.72 Å². The number of hydrogen-bond donors (Lipinski definition) is 2. The van der Waals surface area contributed by atoms with Gasteiger partial charge in [-0.05, 0) is 36.1 Å². The lowest BCUT2D eigenvalue weighted by atomic mass is 10.1. The van der Waals surface area contributed by atoms with E-state index in [1.807, 2.05) is 12.1 Å². The summed E-state index contributed by atoms with van der Waals surface area (Å²) in [4.78, 5) is 0. The van der Waals surface area contributed by atoms with Crippen molar-refractivity contribution >= 4 is 43.0 Å². The Hall–Kier alpha value is -0.920. The summed E-state index contributed by atoms with van der Waals surface area (Å²) in [7, 11) is -3.56. The number of hydrogen-bond acceptors (Lipinski definition) is 4. The molecule has 0 saturated heterocycles. The molecule has 3 rings (SSSR count). The summed E-state index contributed by atoms with van der Waals surface area (Å²) in [5.74, 6) is 0.0268. The van der Waals surface area contributed by atoms with Gasteiger partial charge in [-0.3, -0.25) is 0 Å². The number of aliphatic hydroxyl groups excluding tert-OH is 1.